The van der Waals surface area contributed by atoms with E-state index in [1.54, 1.807) is 0 Å². The average molecular weight is 235 g/mol. The molecule has 0 bridgehead atoms. The molecule has 0 amide bonds. The van der Waals surface area contributed by atoms with Gasteiger partial charge in [0.1, 0.15) is 5.82 Å². The van der Waals surface area contributed by atoms with Crippen molar-refractivity contribution in [3.05, 3.63) is 17.8 Å². The van der Waals surface area contributed by atoms with Crippen LogP contribution in [0.25, 0.3) is 0 Å². The molecule has 1 aromatic heterocycles. The average Bonchev–Trinajstić information content (AvgIpc) is 2.30. The van der Waals surface area contributed by atoms with Gasteiger partial charge in [0.15, 0.2) is 0 Å². The molecule has 0 radical (unpaired) electrons. The molecule has 0 aromatic carbocycles. The number of aromatic nitrogens is 2. The van der Waals surface area contributed by atoms with Crippen LogP contribution in [0, 0.1) is 12.8 Å². The third kappa shape index (κ3) is 6.93. The van der Waals surface area contributed by atoms with Crippen LogP contribution in [0.15, 0.2) is 12.1 Å². The molecule has 0 spiro atoms. The molecule has 3 nitrogen and oxygen atoms in total. The van der Waals surface area contributed by atoms with Gasteiger partial charge in [-0.3, -0.25) is 0 Å². The molecule has 0 saturated heterocycles. The van der Waals surface area contributed by atoms with Gasteiger partial charge in [0.05, 0.1) is 5.69 Å². The summed E-state index contributed by atoms with van der Waals surface area (Å²) in [6.45, 7) is 7.53. The van der Waals surface area contributed by atoms with Crippen molar-refractivity contribution in [2.24, 2.45) is 5.92 Å². The van der Waals surface area contributed by atoms with Gasteiger partial charge < -0.3 is 5.32 Å². The van der Waals surface area contributed by atoms with Crippen molar-refractivity contribution in [1.82, 2.24) is 10.2 Å². The van der Waals surface area contributed by atoms with Crippen molar-refractivity contribution in [1.29, 1.82) is 0 Å². The van der Waals surface area contributed by atoms with Crippen LogP contribution in [0.5, 0.6) is 0 Å². The fraction of sp³-hybridized carbons (Fsp3) is 0.714. The number of aryl methyl sites for hydroxylation is 1. The second kappa shape index (κ2) is 8.04. The van der Waals surface area contributed by atoms with Crippen LogP contribution in [0.2, 0.25) is 0 Å². The van der Waals surface area contributed by atoms with Crippen molar-refractivity contribution < 1.29 is 0 Å². The van der Waals surface area contributed by atoms with Crippen molar-refractivity contribution in [2.75, 3.05) is 11.9 Å². The molecule has 1 rings (SSSR count). The number of hydrogen-bond donors (Lipinski definition) is 1. The van der Waals surface area contributed by atoms with Gasteiger partial charge in [-0.05, 0) is 31.4 Å². The Balaban J connectivity index is 1.99. The minimum atomic E-state index is 0.843. The van der Waals surface area contributed by atoms with E-state index in [1.165, 1.54) is 32.1 Å². The molecule has 0 fully saturated rings. The summed E-state index contributed by atoms with van der Waals surface area (Å²) < 4.78 is 0. The first-order valence-corrected chi connectivity index (χ1v) is 6.72. The molecule has 96 valence electrons. The Labute approximate surface area is 105 Å². The Morgan fingerprint density at radius 1 is 1.06 bits per heavy atom. The lowest BCUT2D eigenvalue weighted by Gasteiger charge is -2.06. The van der Waals surface area contributed by atoms with Gasteiger partial charge in [-0.25, -0.2) is 0 Å². The highest BCUT2D eigenvalue weighted by atomic mass is 15.2. The van der Waals surface area contributed by atoms with Crippen LogP contribution in [0.4, 0.5) is 5.82 Å². The number of anilines is 1. The van der Waals surface area contributed by atoms with E-state index in [2.05, 4.69) is 29.4 Å². The van der Waals surface area contributed by atoms with E-state index in [9.17, 15) is 0 Å². The maximum absolute atomic E-state index is 4.07. The van der Waals surface area contributed by atoms with Gasteiger partial charge in [0.25, 0.3) is 0 Å². The molecule has 1 aromatic rings. The first-order valence-electron chi connectivity index (χ1n) is 6.72. The highest BCUT2D eigenvalue weighted by molar-refractivity contribution is 5.32. The Hall–Kier alpha value is -1.12. The van der Waals surface area contributed by atoms with E-state index in [0.29, 0.717) is 0 Å². The van der Waals surface area contributed by atoms with Gasteiger partial charge in [-0.2, -0.15) is 5.10 Å². The van der Waals surface area contributed by atoms with Gasteiger partial charge in [-0.15, -0.1) is 5.10 Å². The first kappa shape index (κ1) is 13.9. The summed E-state index contributed by atoms with van der Waals surface area (Å²) in [5.74, 6) is 1.73. The molecular formula is C14H25N3. The summed E-state index contributed by atoms with van der Waals surface area (Å²) in [5.41, 5.74) is 0.962. The van der Waals surface area contributed by atoms with Gasteiger partial charge in [0, 0.05) is 6.54 Å². The highest BCUT2D eigenvalue weighted by Crippen LogP contribution is 2.09. The number of rotatable bonds is 8. The number of nitrogens with one attached hydrogen (secondary N) is 1. The summed E-state index contributed by atoms with van der Waals surface area (Å²) in [4.78, 5) is 0. The van der Waals surface area contributed by atoms with Crippen molar-refractivity contribution >= 4 is 5.82 Å². The Bertz CT molecular complexity index is 293. The van der Waals surface area contributed by atoms with Crippen LogP contribution in [-0.2, 0) is 0 Å². The fourth-order valence-corrected chi connectivity index (χ4v) is 1.74. The lowest BCUT2D eigenvalue weighted by atomic mass is 10.0. The molecule has 17 heavy (non-hydrogen) atoms. The summed E-state index contributed by atoms with van der Waals surface area (Å²) in [6.07, 6.45) is 6.59. The summed E-state index contributed by atoms with van der Waals surface area (Å²) in [7, 11) is 0. The lowest BCUT2D eigenvalue weighted by Crippen LogP contribution is -2.04. The van der Waals surface area contributed by atoms with Crippen LogP contribution in [0.1, 0.15) is 51.6 Å². The SMILES string of the molecule is Cc1ccc(NCCCCCCC(C)C)nn1. The van der Waals surface area contributed by atoms with Crippen LogP contribution in [0.3, 0.4) is 0 Å². The zero-order valence-corrected chi connectivity index (χ0v) is 11.4. The second-order valence-corrected chi connectivity index (χ2v) is 5.08. The minimum Gasteiger partial charge on any atom is -0.369 e. The molecule has 0 aliphatic heterocycles. The molecule has 0 atom stereocenters. The molecule has 1 N–H and O–H groups in total. The third-order valence-corrected chi connectivity index (χ3v) is 2.81. The second-order valence-electron chi connectivity index (χ2n) is 5.08. The largest absolute Gasteiger partial charge is 0.369 e. The van der Waals surface area contributed by atoms with E-state index in [4.69, 9.17) is 0 Å². The zero-order chi connectivity index (χ0) is 12.5. The lowest BCUT2D eigenvalue weighted by molar-refractivity contribution is 0.523. The maximum atomic E-state index is 4.07. The zero-order valence-electron chi connectivity index (χ0n) is 11.4. The quantitative estimate of drug-likeness (QED) is 0.696. The van der Waals surface area contributed by atoms with Gasteiger partial charge in [0.2, 0.25) is 0 Å². The van der Waals surface area contributed by atoms with Crippen LogP contribution in [-0.4, -0.2) is 16.7 Å². The standard InChI is InChI=1S/C14H25N3/c1-12(2)8-6-4-5-7-11-15-14-10-9-13(3)16-17-14/h9-10,12H,4-8,11H2,1-3H3,(H,15,17). The predicted octanol–water partition coefficient (Wildman–Crippen LogP) is 3.80. The number of nitrogens with zero attached hydrogens (tertiary/aromatic N) is 2. The van der Waals surface area contributed by atoms with E-state index in [1.807, 2.05) is 19.1 Å². The van der Waals surface area contributed by atoms with Crippen LogP contribution >= 0.6 is 0 Å². The van der Waals surface area contributed by atoms with E-state index < -0.39 is 0 Å². The number of hydrogen-bond acceptors (Lipinski definition) is 3. The van der Waals surface area contributed by atoms with Gasteiger partial charge in [-0.1, -0.05) is 39.5 Å². The Morgan fingerprint density at radius 3 is 2.47 bits per heavy atom. The monoisotopic (exact) mass is 235 g/mol. The van der Waals surface area contributed by atoms with Crippen molar-refractivity contribution in [3.63, 3.8) is 0 Å². The Kier molecular flexibility index (Phi) is 6.60. The number of unbranched alkanes of at least 4 members (excludes halogenated alkanes) is 3. The molecule has 0 saturated carbocycles. The molecule has 3 heteroatoms. The fourth-order valence-electron chi connectivity index (χ4n) is 1.74. The summed E-state index contributed by atoms with van der Waals surface area (Å²) in [5, 5.41) is 11.4. The molecular weight excluding hydrogens is 210 g/mol. The molecule has 0 aliphatic rings. The smallest absolute Gasteiger partial charge is 0.148 e. The molecule has 1 heterocycles. The highest BCUT2D eigenvalue weighted by Gasteiger charge is 1.96. The predicted molar refractivity (Wildman–Crippen MR) is 73.2 cm³/mol. The van der Waals surface area contributed by atoms with E-state index in [0.717, 1.165) is 24.0 Å². The van der Waals surface area contributed by atoms with Gasteiger partial charge >= 0.3 is 0 Å². The topological polar surface area (TPSA) is 37.8 Å². The van der Waals surface area contributed by atoms with E-state index >= 15 is 0 Å². The third-order valence-electron chi connectivity index (χ3n) is 2.81. The Morgan fingerprint density at radius 2 is 1.82 bits per heavy atom. The summed E-state index contributed by atoms with van der Waals surface area (Å²) >= 11 is 0. The normalized spacial score (nSPS) is 10.8. The minimum absolute atomic E-state index is 0.843. The van der Waals surface area contributed by atoms with Crippen LogP contribution < -0.4 is 5.32 Å². The molecule has 0 aliphatic carbocycles. The first-order chi connectivity index (χ1) is 8.18. The summed E-state index contributed by atoms with van der Waals surface area (Å²) in [6, 6.07) is 3.97. The molecule has 0 unspecified atom stereocenters. The van der Waals surface area contributed by atoms with E-state index in [-0.39, 0.29) is 0 Å². The van der Waals surface area contributed by atoms with Crippen molar-refractivity contribution in [3.8, 4) is 0 Å². The maximum Gasteiger partial charge on any atom is 0.148 e. The van der Waals surface area contributed by atoms with Crippen molar-refractivity contribution in [2.45, 2.75) is 52.9 Å².